The molecule has 0 unspecified atom stereocenters. The Morgan fingerprint density at radius 2 is 1.96 bits per heavy atom. The quantitative estimate of drug-likeness (QED) is 0.458. The van der Waals surface area contributed by atoms with Crippen LogP contribution in [-0.4, -0.2) is 47.7 Å². The lowest BCUT2D eigenvalue weighted by Gasteiger charge is -2.36. The molecule has 7 heteroatoms. The van der Waals surface area contributed by atoms with Gasteiger partial charge in [0, 0.05) is 44.2 Å². The fourth-order valence-corrected chi connectivity index (χ4v) is 3.88. The summed E-state index contributed by atoms with van der Waals surface area (Å²) in [4.78, 5) is 38.5. The van der Waals surface area contributed by atoms with E-state index in [1.807, 2.05) is 9.80 Å². The van der Waals surface area contributed by atoms with Crippen LogP contribution in [0, 0.1) is 16.0 Å². The standard InChI is InChI=1S/C19H25N3O4/c1-14(23)16-5-6-17(18(12-16)22(25)26)20-10-7-15(8-11-20)13-21-9-3-2-4-19(21)24/h5-6,12,15H,2-4,7-11,13H2,1H3. The van der Waals surface area contributed by atoms with Gasteiger partial charge in [0.25, 0.3) is 5.69 Å². The fourth-order valence-electron chi connectivity index (χ4n) is 3.88. The Balaban J connectivity index is 1.65. The smallest absolute Gasteiger partial charge is 0.293 e. The number of carbonyl (C=O) groups is 2. The van der Waals surface area contributed by atoms with Crippen molar-refractivity contribution in [2.24, 2.45) is 5.92 Å². The Labute approximate surface area is 153 Å². The molecule has 0 aliphatic carbocycles. The Morgan fingerprint density at radius 3 is 2.58 bits per heavy atom. The van der Waals surface area contributed by atoms with Gasteiger partial charge in [-0.15, -0.1) is 0 Å². The van der Waals surface area contributed by atoms with E-state index >= 15 is 0 Å². The molecule has 0 atom stereocenters. The predicted octanol–water partition coefficient (Wildman–Crippen LogP) is 3.03. The van der Waals surface area contributed by atoms with Crippen LogP contribution in [0.25, 0.3) is 0 Å². The average Bonchev–Trinajstić information content (AvgIpc) is 2.63. The highest BCUT2D eigenvalue weighted by molar-refractivity contribution is 5.95. The molecule has 2 aliphatic heterocycles. The third-order valence-electron chi connectivity index (χ3n) is 5.43. The molecule has 0 radical (unpaired) electrons. The second kappa shape index (κ2) is 7.85. The van der Waals surface area contributed by atoms with Gasteiger partial charge >= 0.3 is 0 Å². The highest BCUT2D eigenvalue weighted by Crippen LogP contribution is 2.33. The number of Topliss-reactive ketones (excluding diaryl/α,β-unsaturated/α-hetero) is 1. The summed E-state index contributed by atoms with van der Waals surface area (Å²) in [6, 6.07) is 4.71. The number of ketones is 1. The van der Waals surface area contributed by atoms with Gasteiger partial charge in [-0.05, 0) is 50.7 Å². The Bertz CT molecular complexity index is 711. The van der Waals surface area contributed by atoms with Crippen LogP contribution in [0.3, 0.4) is 0 Å². The molecule has 2 heterocycles. The third kappa shape index (κ3) is 4.03. The second-order valence-electron chi connectivity index (χ2n) is 7.24. The summed E-state index contributed by atoms with van der Waals surface area (Å²) in [5, 5.41) is 11.4. The lowest BCUT2D eigenvalue weighted by Crippen LogP contribution is -2.42. The fraction of sp³-hybridized carbons (Fsp3) is 0.579. The van der Waals surface area contributed by atoms with Gasteiger partial charge in [-0.2, -0.15) is 0 Å². The third-order valence-corrected chi connectivity index (χ3v) is 5.43. The predicted molar refractivity (Wildman–Crippen MR) is 98.5 cm³/mol. The van der Waals surface area contributed by atoms with Gasteiger partial charge in [0.2, 0.25) is 5.91 Å². The van der Waals surface area contributed by atoms with Crippen LogP contribution in [0.2, 0.25) is 0 Å². The number of benzene rings is 1. The van der Waals surface area contributed by atoms with Gasteiger partial charge in [-0.3, -0.25) is 19.7 Å². The van der Waals surface area contributed by atoms with Crippen LogP contribution in [0.15, 0.2) is 18.2 Å². The summed E-state index contributed by atoms with van der Waals surface area (Å²) in [5.74, 6) is 0.530. The van der Waals surface area contributed by atoms with Crippen molar-refractivity contribution in [3.63, 3.8) is 0 Å². The number of carbonyl (C=O) groups excluding carboxylic acids is 2. The maximum absolute atomic E-state index is 12.0. The SMILES string of the molecule is CC(=O)c1ccc(N2CCC(CN3CCCCC3=O)CC2)c([N+](=O)[O-])c1. The zero-order chi connectivity index (χ0) is 18.7. The summed E-state index contributed by atoms with van der Waals surface area (Å²) >= 11 is 0. The minimum atomic E-state index is -0.416. The van der Waals surface area contributed by atoms with Crippen molar-refractivity contribution in [3.8, 4) is 0 Å². The number of rotatable bonds is 5. The molecule has 2 saturated heterocycles. The van der Waals surface area contributed by atoms with Crippen molar-refractivity contribution in [2.75, 3.05) is 31.1 Å². The van der Waals surface area contributed by atoms with Crippen molar-refractivity contribution in [1.29, 1.82) is 0 Å². The molecule has 1 amide bonds. The number of piperidine rings is 2. The van der Waals surface area contributed by atoms with Crippen molar-refractivity contribution in [1.82, 2.24) is 4.90 Å². The van der Waals surface area contributed by atoms with Crippen molar-refractivity contribution in [3.05, 3.63) is 33.9 Å². The molecular formula is C19H25N3O4. The van der Waals surface area contributed by atoms with E-state index in [1.165, 1.54) is 13.0 Å². The number of nitrogens with zero attached hydrogens (tertiary/aromatic N) is 3. The van der Waals surface area contributed by atoms with Crippen molar-refractivity contribution < 1.29 is 14.5 Å². The van der Waals surface area contributed by atoms with Gasteiger partial charge in [-0.25, -0.2) is 0 Å². The summed E-state index contributed by atoms with van der Waals surface area (Å²) in [6.07, 6.45) is 4.56. The highest BCUT2D eigenvalue weighted by atomic mass is 16.6. The molecule has 0 spiro atoms. The first-order chi connectivity index (χ1) is 12.5. The van der Waals surface area contributed by atoms with E-state index in [1.54, 1.807) is 12.1 Å². The lowest BCUT2D eigenvalue weighted by atomic mass is 9.94. The van der Waals surface area contributed by atoms with E-state index in [2.05, 4.69) is 0 Å². The molecule has 0 N–H and O–H groups in total. The van der Waals surface area contributed by atoms with Gasteiger partial charge in [0.15, 0.2) is 5.78 Å². The Hall–Kier alpha value is -2.44. The minimum Gasteiger partial charge on any atom is -0.366 e. The summed E-state index contributed by atoms with van der Waals surface area (Å²) in [7, 11) is 0. The van der Waals surface area contributed by atoms with Crippen LogP contribution >= 0.6 is 0 Å². The number of anilines is 1. The van der Waals surface area contributed by atoms with E-state index < -0.39 is 4.92 Å². The molecule has 0 bridgehead atoms. The lowest BCUT2D eigenvalue weighted by molar-refractivity contribution is -0.384. The maximum atomic E-state index is 12.0. The Morgan fingerprint density at radius 1 is 1.23 bits per heavy atom. The zero-order valence-corrected chi connectivity index (χ0v) is 15.1. The largest absolute Gasteiger partial charge is 0.366 e. The van der Waals surface area contributed by atoms with Crippen LogP contribution in [0.4, 0.5) is 11.4 Å². The first-order valence-electron chi connectivity index (χ1n) is 9.28. The normalized spacial score (nSPS) is 18.9. The van der Waals surface area contributed by atoms with Crippen LogP contribution in [-0.2, 0) is 4.79 Å². The minimum absolute atomic E-state index is 0.0117. The number of likely N-dealkylation sites (tertiary alicyclic amines) is 1. The summed E-state index contributed by atoms with van der Waals surface area (Å²) in [5.41, 5.74) is 0.925. The van der Waals surface area contributed by atoms with E-state index in [9.17, 15) is 19.7 Å². The van der Waals surface area contributed by atoms with Crippen molar-refractivity contribution >= 4 is 23.1 Å². The van der Waals surface area contributed by atoms with E-state index in [0.717, 1.165) is 51.9 Å². The maximum Gasteiger partial charge on any atom is 0.293 e. The van der Waals surface area contributed by atoms with E-state index in [-0.39, 0.29) is 17.4 Å². The number of hydrogen-bond acceptors (Lipinski definition) is 5. The summed E-state index contributed by atoms with van der Waals surface area (Å²) < 4.78 is 0. The van der Waals surface area contributed by atoms with Gasteiger partial charge in [0.05, 0.1) is 4.92 Å². The molecule has 0 aromatic heterocycles. The molecule has 0 saturated carbocycles. The molecular weight excluding hydrogens is 334 g/mol. The molecule has 1 aromatic rings. The monoisotopic (exact) mass is 359 g/mol. The second-order valence-corrected chi connectivity index (χ2v) is 7.24. The molecule has 7 nitrogen and oxygen atoms in total. The molecule has 2 fully saturated rings. The number of hydrogen-bond donors (Lipinski definition) is 0. The molecule has 26 heavy (non-hydrogen) atoms. The van der Waals surface area contributed by atoms with Gasteiger partial charge < -0.3 is 9.80 Å². The average molecular weight is 359 g/mol. The highest BCUT2D eigenvalue weighted by Gasteiger charge is 2.28. The molecule has 2 aliphatic rings. The van der Waals surface area contributed by atoms with Gasteiger partial charge in [-0.1, -0.05) is 0 Å². The summed E-state index contributed by atoms with van der Waals surface area (Å²) in [6.45, 7) is 4.53. The first kappa shape index (κ1) is 18.4. The molecule has 3 rings (SSSR count). The van der Waals surface area contributed by atoms with E-state index in [0.29, 0.717) is 23.6 Å². The van der Waals surface area contributed by atoms with Crippen LogP contribution in [0.5, 0.6) is 0 Å². The van der Waals surface area contributed by atoms with Crippen molar-refractivity contribution in [2.45, 2.75) is 39.0 Å². The van der Waals surface area contributed by atoms with Gasteiger partial charge in [0.1, 0.15) is 5.69 Å². The zero-order valence-electron chi connectivity index (χ0n) is 15.1. The number of nitro benzene ring substituents is 1. The van der Waals surface area contributed by atoms with Crippen LogP contribution in [0.1, 0.15) is 49.4 Å². The number of amides is 1. The number of nitro groups is 1. The molecule has 140 valence electrons. The Kier molecular flexibility index (Phi) is 5.54. The first-order valence-corrected chi connectivity index (χ1v) is 9.28. The topological polar surface area (TPSA) is 83.8 Å². The van der Waals surface area contributed by atoms with Crippen LogP contribution < -0.4 is 4.90 Å². The molecule has 1 aromatic carbocycles. The van der Waals surface area contributed by atoms with E-state index in [4.69, 9.17) is 0 Å².